The Morgan fingerprint density at radius 1 is 1.26 bits per heavy atom. The summed E-state index contributed by atoms with van der Waals surface area (Å²) in [5, 5.41) is 20.6. The van der Waals surface area contributed by atoms with Crippen molar-refractivity contribution in [1.29, 1.82) is 0 Å². The molecular weight excluding hydrogens is 540 g/mol. The second-order valence-electron chi connectivity index (χ2n) is 7.25. The first-order valence-corrected chi connectivity index (χ1v) is 13.3. The third kappa shape index (κ3) is 6.93. The average Bonchev–Trinajstić information content (AvgIpc) is 3.30. The first kappa shape index (κ1) is 27.8. The summed E-state index contributed by atoms with van der Waals surface area (Å²) in [5.41, 5.74) is 4.68. The van der Waals surface area contributed by atoms with Crippen molar-refractivity contribution in [3.05, 3.63) is 16.7 Å². The largest absolute Gasteiger partial charge is 0.481 e. The van der Waals surface area contributed by atoms with Gasteiger partial charge >= 0.3 is 15.6 Å². The van der Waals surface area contributed by atoms with E-state index in [1.54, 1.807) is 0 Å². The van der Waals surface area contributed by atoms with Crippen LogP contribution in [0.5, 0.6) is 0 Å². The molecule has 0 bridgehead atoms. The molecule has 0 amide bonds. The average molecular weight is 562 g/mol. The summed E-state index contributed by atoms with van der Waals surface area (Å²) in [5.74, 6) is -0.806. The molecule has 2 unspecified atom stereocenters. The van der Waals surface area contributed by atoms with E-state index < -0.39 is 59.0 Å². The van der Waals surface area contributed by atoms with E-state index in [1.807, 2.05) is 0 Å². The zero-order chi connectivity index (χ0) is 26.0. The number of hydrogen-bond donors (Lipinski definition) is 6. The van der Waals surface area contributed by atoms with Crippen molar-refractivity contribution in [3.8, 4) is 0 Å². The molecule has 0 aromatic carbocycles. The number of nitrogens with two attached hydrogens (primary N) is 1. The fourth-order valence-electron chi connectivity index (χ4n) is 3.09. The summed E-state index contributed by atoms with van der Waals surface area (Å²) in [6.07, 6.45) is -4.97. The Kier molecular flexibility index (Phi) is 8.83. The number of alkyl halides is 1. The highest BCUT2D eigenvalue weighted by Gasteiger charge is 2.46. The van der Waals surface area contributed by atoms with E-state index in [2.05, 4.69) is 28.3 Å². The number of ketones is 1. The Bertz CT molecular complexity index is 1220. The molecular formula is C15H22ClN5O12P2. The van der Waals surface area contributed by atoms with E-state index in [4.69, 9.17) is 22.1 Å². The molecule has 1 aliphatic heterocycles. The van der Waals surface area contributed by atoms with Crippen LogP contribution in [0.3, 0.4) is 0 Å². The molecule has 3 heterocycles. The number of carbonyl (C=O) groups excluding carboxylic acids is 1. The van der Waals surface area contributed by atoms with Crippen LogP contribution >= 0.6 is 27.2 Å². The highest BCUT2D eigenvalue weighted by Crippen LogP contribution is 2.60. The minimum absolute atomic E-state index is 0.00669. The summed E-state index contributed by atoms with van der Waals surface area (Å²) in [4.78, 5) is 52.3. The number of carbonyl (C=O) groups is 1. The number of phosphoric acid groups is 2. The molecule has 196 valence electrons. The molecule has 0 saturated carbocycles. The SMILES string of the molecule is Nc1nc2c(ncn2[C@@H]2O[C@H](COP(=O)(O)OP(=O)(O)OCCCC(=O)CCl)[C@@H](O)[C@H]2O)c(=O)[nH]1. The van der Waals surface area contributed by atoms with Crippen molar-refractivity contribution >= 4 is 50.1 Å². The molecule has 0 spiro atoms. The van der Waals surface area contributed by atoms with Crippen LogP contribution in [0.25, 0.3) is 11.2 Å². The standard InChI is InChI=1S/C15H22ClN5O12P2/c16-4-7(22)2-1-3-30-34(26,27)33-35(28,29)31-5-8-10(23)11(24)14(32-8)21-6-18-9-12(21)19-15(17)20-13(9)25/h6,8,10-11,14,23-24H,1-5H2,(H,26,27)(H,28,29)(H3,17,19,20,25)/t8-,10-,11-,14-/m1/s1. The van der Waals surface area contributed by atoms with Gasteiger partial charge in [-0.15, -0.1) is 11.6 Å². The van der Waals surface area contributed by atoms with Gasteiger partial charge in [0, 0.05) is 6.42 Å². The van der Waals surface area contributed by atoms with E-state index in [-0.39, 0.29) is 41.6 Å². The number of ether oxygens (including phenoxy) is 1. The Morgan fingerprint density at radius 2 is 1.94 bits per heavy atom. The van der Waals surface area contributed by atoms with E-state index in [0.29, 0.717) is 0 Å². The number of nitrogen functional groups attached to an aromatic ring is 1. The van der Waals surface area contributed by atoms with Gasteiger partial charge in [0.15, 0.2) is 17.4 Å². The van der Waals surface area contributed by atoms with Gasteiger partial charge in [-0.2, -0.15) is 9.29 Å². The fraction of sp³-hybridized carbons (Fsp3) is 0.600. The van der Waals surface area contributed by atoms with Crippen LogP contribution in [0.1, 0.15) is 19.1 Å². The lowest BCUT2D eigenvalue weighted by molar-refractivity contribution is -0.117. The van der Waals surface area contributed by atoms with E-state index >= 15 is 0 Å². The maximum atomic E-state index is 12.1. The molecule has 7 N–H and O–H groups in total. The van der Waals surface area contributed by atoms with E-state index in [1.165, 1.54) is 0 Å². The number of aliphatic hydroxyl groups is 2. The number of imidazole rings is 1. The number of halogens is 1. The number of nitrogens with one attached hydrogen (secondary N) is 1. The predicted octanol–water partition coefficient (Wildman–Crippen LogP) is -0.840. The summed E-state index contributed by atoms with van der Waals surface area (Å²) in [6.45, 7) is -1.31. The van der Waals surface area contributed by atoms with E-state index in [0.717, 1.165) is 10.9 Å². The molecule has 0 aliphatic carbocycles. The van der Waals surface area contributed by atoms with Crippen LogP contribution in [0, 0.1) is 0 Å². The van der Waals surface area contributed by atoms with Crippen LogP contribution < -0.4 is 11.3 Å². The number of anilines is 1. The quantitative estimate of drug-likeness (QED) is 0.105. The van der Waals surface area contributed by atoms with Crippen LogP contribution in [-0.2, 0) is 32.0 Å². The Balaban J connectivity index is 1.60. The second kappa shape index (κ2) is 11.1. The fourth-order valence-corrected chi connectivity index (χ4v) is 5.34. The molecule has 6 atom stereocenters. The topological polar surface area (TPSA) is 259 Å². The van der Waals surface area contributed by atoms with Gasteiger partial charge in [0.1, 0.15) is 24.1 Å². The lowest BCUT2D eigenvalue weighted by Crippen LogP contribution is -2.33. The van der Waals surface area contributed by atoms with Crippen LogP contribution in [0.15, 0.2) is 11.1 Å². The normalized spacial score (nSPS) is 26.0. The van der Waals surface area contributed by atoms with Crippen molar-refractivity contribution < 1.29 is 52.0 Å². The number of rotatable bonds is 12. The molecule has 1 fully saturated rings. The maximum Gasteiger partial charge on any atom is 0.481 e. The van der Waals surface area contributed by atoms with Gasteiger partial charge < -0.3 is 30.5 Å². The van der Waals surface area contributed by atoms with Crippen LogP contribution in [-0.4, -0.2) is 82.7 Å². The Labute approximate surface area is 201 Å². The first-order chi connectivity index (χ1) is 16.3. The van der Waals surface area contributed by atoms with Crippen LogP contribution in [0.4, 0.5) is 5.95 Å². The molecule has 17 nitrogen and oxygen atoms in total. The molecule has 2 aromatic rings. The van der Waals surface area contributed by atoms with Gasteiger partial charge in [0.25, 0.3) is 5.56 Å². The van der Waals surface area contributed by atoms with Crippen molar-refractivity contribution in [2.45, 2.75) is 37.4 Å². The minimum Gasteiger partial charge on any atom is -0.387 e. The third-order valence-electron chi connectivity index (χ3n) is 4.67. The van der Waals surface area contributed by atoms with Crippen LogP contribution in [0.2, 0.25) is 0 Å². The van der Waals surface area contributed by atoms with Crippen molar-refractivity contribution in [1.82, 2.24) is 19.5 Å². The lowest BCUT2D eigenvalue weighted by atomic mass is 10.1. The molecule has 0 radical (unpaired) electrons. The summed E-state index contributed by atoms with van der Waals surface area (Å²) >= 11 is 5.32. The number of Topliss-reactive ketones (excluding diaryl/α,β-unsaturated/α-hetero) is 1. The van der Waals surface area contributed by atoms with Gasteiger partial charge in [0.2, 0.25) is 5.95 Å². The molecule has 2 aromatic heterocycles. The van der Waals surface area contributed by atoms with Gasteiger partial charge in [-0.1, -0.05) is 0 Å². The summed E-state index contributed by atoms with van der Waals surface area (Å²) in [7, 11) is -10.3. The number of hydrogen-bond acceptors (Lipinski definition) is 13. The summed E-state index contributed by atoms with van der Waals surface area (Å²) in [6, 6.07) is 0. The molecule has 1 aliphatic rings. The minimum atomic E-state index is -5.21. The number of phosphoric ester groups is 2. The maximum absolute atomic E-state index is 12.1. The first-order valence-electron chi connectivity index (χ1n) is 9.81. The van der Waals surface area contributed by atoms with Gasteiger partial charge in [-0.25, -0.2) is 14.1 Å². The monoisotopic (exact) mass is 561 g/mol. The second-order valence-corrected chi connectivity index (χ2v) is 10.6. The number of H-pyrrole nitrogens is 1. The van der Waals surface area contributed by atoms with E-state index in [9.17, 15) is 38.7 Å². The summed E-state index contributed by atoms with van der Waals surface area (Å²) < 4.78 is 43.8. The number of nitrogens with zero attached hydrogens (tertiary/aromatic N) is 3. The number of aliphatic hydroxyl groups excluding tert-OH is 2. The highest BCUT2D eigenvalue weighted by molar-refractivity contribution is 7.61. The number of fused-ring (bicyclic) bond motifs is 1. The molecule has 20 heteroatoms. The number of aromatic amines is 1. The predicted molar refractivity (Wildman–Crippen MR) is 116 cm³/mol. The third-order valence-corrected chi connectivity index (χ3v) is 7.61. The van der Waals surface area contributed by atoms with Crippen molar-refractivity contribution in [3.63, 3.8) is 0 Å². The van der Waals surface area contributed by atoms with Gasteiger partial charge in [0.05, 0.1) is 25.4 Å². The Morgan fingerprint density at radius 3 is 2.63 bits per heavy atom. The van der Waals surface area contributed by atoms with Crippen molar-refractivity contribution in [2.24, 2.45) is 0 Å². The lowest BCUT2D eigenvalue weighted by Gasteiger charge is -2.19. The Hall–Kier alpha value is -1.75. The van der Waals surface area contributed by atoms with Crippen molar-refractivity contribution in [2.75, 3.05) is 24.8 Å². The number of aromatic nitrogens is 4. The zero-order valence-electron chi connectivity index (χ0n) is 17.7. The molecule has 3 rings (SSSR count). The smallest absolute Gasteiger partial charge is 0.387 e. The molecule has 35 heavy (non-hydrogen) atoms. The zero-order valence-corrected chi connectivity index (χ0v) is 20.2. The van der Waals surface area contributed by atoms with Gasteiger partial charge in [-0.3, -0.25) is 28.2 Å². The highest BCUT2D eigenvalue weighted by atomic mass is 35.5. The van der Waals surface area contributed by atoms with Gasteiger partial charge in [-0.05, 0) is 6.42 Å². The molecule has 1 saturated heterocycles.